The highest BCUT2D eigenvalue weighted by molar-refractivity contribution is 9.10. The zero-order chi connectivity index (χ0) is 23.7. The summed E-state index contributed by atoms with van der Waals surface area (Å²) in [5.74, 6) is 0.0335. The van der Waals surface area contributed by atoms with Crippen LogP contribution in [0.4, 0.5) is 22.0 Å². The van der Waals surface area contributed by atoms with Crippen LogP contribution in [0.25, 0.3) is 21.3 Å². The second kappa shape index (κ2) is 9.34. The summed E-state index contributed by atoms with van der Waals surface area (Å²) >= 11 is 3.55. The van der Waals surface area contributed by atoms with E-state index in [9.17, 15) is 31.4 Å². The zero-order valence-electron chi connectivity index (χ0n) is 16.3. The fraction of sp³-hybridized carbons (Fsp3) is 0.412. The first-order valence-electron chi connectivity index (χ1n) is 9.05. The normalized spacial score (nSPS) is 14.6. The highest BCUT2D eigenvalue weighted by Gasteiger charge is 2.55. The molecule has 3 rings (SSSR count). The summed E-state index contributed by atoms with van der Waals surface area (Å²) in [4.78, 5) is 9.01. The number of hydrogen-bond donors (Lipinski definition) is 2. The highest BCUT2D eigenvalue weighted by atomic mass is 79.9. The van der Waals surface area contributed by atoms with Crippen molar-refractivity contribution in [3.8, 4) is 17.0 Å². The van der Waals surface area contributed by atoms with Gasteiger partial charge in [-0.15, -0.1) is 16.4 Å². The number of rotatable bonds is 9. The molecule has 0 bridgehead atoms. The maximum atomic E-state index is 14.9. The van der Waals surface area contributed by atoms with Gasteiger partial charge in [0.25, 0.3) is 0 Å². The molecule has 0 aliphatic heterocycles. The fourth-order valence-corrected chi connectivity index (χ4v) is 6.24. The fourth-order valence-electron chi connectivity index (χ4n) is 2.77. The third-order valence-corrected chi connectivity index (χ3v) is 8.28. The average molecular weight is 564 g/mol. The molecule has 1 unspecified atom stereocenters. The van der Waals surface area contributed by atoms with E-state index in [-0.39, 0.29) is 33.3 Å². The Balaban J connectivity index is 2.08. The van der Waals surface area contributed by atoms with Crippen molar-refractivity contribution in [2.75, 3.05) is 13.2 Å². The number of fused-ring (bicyclic) bond motifs is 1. The van der Waals surface area contributed by atoms with Gasteiger partial charge >= 0.3 is 19.4 Å². The minimum Gasteiger partial charge on any atom is -0.492 e. The van der Waals surface area contributed by atoms with Crippen LogP contribution in [0.3, 0.4) is 0 Å². The number of thiophene rings is 1. The highest BCUT2D eigenvalue weighted by Crippen LogP contribution is 2.66. The van der Waals surface area contributed by atoms with Crippen LogP contribution in [0.15, 0.2) is 22.8 Å². The van der Waals surface area contributed by atoms with Crippen molar-refractivity contribution in [1.29, 1.82) is 0 Å². The van der Waals surface area contributed by atoms with Gasteiger partial charge in [-0.3, -0.25) is 9.66 Å². The number of nitrogens with one attached hydrogen (secondary N) is 1. The zero-order valence-corrected chi connectivity index (χ0v) is 19.5. The number of halogens is 6. The Labute approximate surface area is 190 Å². The van der Waals surface area contributed by atoms with E-state index in [2.05, 4.69) is 35.9 Å². The van der Waals surface area contributed by atoms with Crippen molar-refractivity contribution >= 4 is 44.9 Å². The molecule has 0 spiro atoms. The Hall–Kier alpha value is -1.60. The lowest BCUT2D eigenvalue weighted by molar-refractivity contribution is -0.136. The number of benzene rings is 1. The van der Waals surface area contributed by atoms with Gasteiger partial charge in [-0.2, -0.15) is 22.0 Å². The Bertz CT molecular complexity index is 1140. The molecular formula is C17H16BrF5N3O4PS. The molecule has 0 saturated carbocycles. The molecule has 0 radical (unpaired) electrons. The van der Waals surface area contributed by atoms with E-state index in [0.717, 1.165) is 0 Å². The van der Waals surface area contributed by atoms with Crippen LogP contribution in [0, 0.1) is 0 Å². The maximum Gasteiger partial charge on any atom is 0.402 e. The number of aromatic nitrogens is 3. The summed E-state index contributed by atoms with van der Waals surface area (Å²) in [6, 6.07) is 2.94. The number of H-pyrrole nitrogens is 1. The number of aromatic amines is 1. The van der Waals surface area contributed by atoms with Crippen LogP contribution in [0.1, 0.15) is 24.6 Å². The molecule has 7 nitrogen and oxygen atoms in total. The smallest absolute Gasteiger partial charge is 0.402 e. The number of ether oxygens (including phenoxy) is 1. The van der Waals surface area contributed by atoms with Crippen LogP contribution in [0.2, 0.25) is 0 Å². The second-order valence-corrected chi connectivity index (χ2v) is 10.2. The molecule has 0 amide bonds. The lowest BCUT2D eigenvalue weighted by atomic mass is 10.1. The van der Waals surface area contributed by atoms with Crippen molar-refractivity contribution in [2.45, 2.75) is 31.6 Å². The molecule has 2 N–H and O–H groups in total. The Morgan fingerprint density at radius 1 is 1.28 bits per heavy atom. The summed E-state index contributed by atoms with van der Waals surface area (Å²) in [6.07, 6.45) is -4.40. The summed E-state index contributed by atoms with van der Waals surface area (Å²) in [7, 11) is -5.36. The lowest BCUT2D eigenvalue weighted by Gasteiger charge is -2.20. The molecule has 15 heteroatoms. The molecule has 2 heterocycles. The molecule has 0 fully saturated rings. The third kappa shape index (κ3) is 5.14. The lowest BCUT2D eigenvalue weighted by Crippen LogP contribution is -2.14. The summed E-state index contributed by atoms with van der Waals surface area (Å²) in [5, 5.41) is 10.0. The summed E-state index contributed by atoms with van der Waals surface area (Å²) in [6.45, 7) is 0.574. The molecule has 2 aromatic heterocycles. The third-order valence-electron chi connectivity index (χ3n) is 4.22. The average Bonchev–Trinajstić information content (AvgIpc) is 3.33. The van der Waals surface area contributed by atoms with Crippen LogP contribution in [0.5, 0.6) is 5.75 Å². The molecule has 3 aromatic rings. The van der Waals surface area contributed by atoms with Gasteiger partial charge < -0.3 is 14.2 Å². The first-order chi connectivity index (χ1) is 14.9. The minimum atomic E-state index is -5.36. The number of hydrogen-bond acceptors (Lipinski definition) is 6. The quantitative estimate of drug-likeness (QED) is 0.176. The van der Waals surface area contributed by atoms with E-state index >= 15 is 0 Å². The van der Waals surface area contributed by atoms with Crippen LogP contribution in [-0.2, 0) is 14.8 Å². The van der Waals surface area contributed by atoms with Gasteiger partial charge in [-0.1, -0.05) is 5.21 Å². The summed E-state index contributed by atoms with van der Waals surface area (Å²) < 4.78 is 89.1. The molecule has 0 aliphatic carbocycles. The van der Waals surface area contributed by atoms with Crippen molar-refractivity contribution in [3.05, 3.63) is 27.7 Å². The number of alkyl halides is 5. The van der Waals surface area contributed by atoms with Crippen LogP contribution in [-0.4, -0.2) is 39.7 Å². The molecule has 0 saturated heterocycles. The first kappa shape index (κ1) is 25.0. The first-order valence-corrected chi connectivity index (χ1v) is 12.2. The second-order valence-electron chi connectivity index (χ2n) is 6.51. The molecule has 176 valence electrons. The monoisotopic (exact) mass is 563 g/mol. The van der Waals surface area contributed by atoms with Gasteiger partial charge in [0.2, 0.25) is 0 Å². The van der Waals surface area contributed by atoms with Gasteiger partial charge in [0.1, 0.15) is 10.6 Å². The van der Waals surface area contributed by atoms with Crippen LogP contribution < -0.4 is 4.74 Å². The molecular weight excluding hydrogens is 548 g/mol. The van der Waals surface area contributed by atoms with Gasteiger partial charge in [0, 0.05) is 21.8 Å². The Kier molecular flexibility index (Phi) is 7.30. The van der Waals surface area contributed by atoms with E-state index in [1.165, 1.54) is 25.3 Å². The van der Waals surface area contributed by atoms with E-state index in [0.29, 0.717) is 22.6 Å². The van der Waals surface area contributed by atoms with Crippen molar-refractivity contribution in [3.63, 3.8) is 0 Å². The molecule has 1 aromatic carbocycles. The van der Waals surface area contributed by atoms with Gasteiger partial charge in [0.05, 0.1) is 29.8 Å². The minimum absolute atomic E-state index is 0.0335. The summed E-state index contributed by atoms with van der Waals surface area (Å²) in [5.41, 5.74) is -3.42. The predicted octanol–water partition coefficient (Wildman–Crippen LogP) is 6.44. The topological polar surface area (TPSA) is 97.3 Å². The molecule has 32 heavy (non-hydrogen) atoms. The van der Waals surface area contributed by atoms with Gasteiger partial charge in [-0.05, 0) is 41.4 Å². The van der Waals surface area contributed by atoms with Gasteiger partial charge in [-0.25, -0.2) is 0 Å². The Morgan fingerprint density at radius 2 is 2.00 bits per heavy atom. The predicted molar refractivity (Wildman–Crippen MR) is 111 cm³/mol. The van der Waals surface area contributed by atoms with Gasteiger partial charge in [0.15, 0.2) is 0 Å². The van der Waals surface area contributed by atoms with E-state index < -0.39 is 37.3 Å². The van der Waals surface area contributed by atoms with E-state index in [1.807, 2.05) is 0 Å². The number of nitrogens with zero attached hydrogens (tertiary/aromatic N) is 2. The van der Waals surface area contributed by atoms with Crippen LogP contribution >= 0.6 is 34.9 Å². The SMILES string of the molecule is CCOP(=O)(O)C(F)(F)c1sc2c(OCCCC(F)(F)F)cc(-c3cnn[nH]3)cc2c1Br. The molecule has 0 aliphatic rings. The van der Waals surface area contributed by atoms with E-state index in [1.54, 1.807) is 0 Å². The van der Waals surface area contributed by atoms with Crippen molar-refractivity contribution < 1.29 is 40.7 Å². The Morgan fingerprint density at radius 3 is 2.59 bits per heavy atom. The molecule has 1 atom stereocenters. The maximum absolute atomic E-state index is 14.9. The van der Waals surface area contributed by atoms with Crippen molar-refractivity contribution in [1.82, 2.24) is 15.4 Å². The standard InChI is InChI=1S/C17H16BrF5N3O4PS/c1-2-30-31(27,28)17(22,23)15-13(18)10-6-9(11-8-24-26-25-11)7-12(14(10)32-15)29-5-3-4-16(19,20)21/h6-8H,2-5H2,1H3,(H,27,28)(H,24,25,26). The van der Waals surface area contributed by atoms with Crippen molar-refractivity contribution in [2.24, 2.45) is 0 Å². The largest absolute Gasteiger partial charge is 0.492 e. The van der Waals surface area contributed by atoms with E-state index in [4.69, 9.17) is 4.74 Å².